The molecular weight excluding hydrogens is 470 g/mol. The number of ether oxygens (including phenoxy) is 2. The second kappa shape index (κ2) is 13.9. The molecule has 0 aliphatic heterocycles. The van der Waals surface area contributed by atoms with Crippen LogP contribution >= 0.6 is 0 Å². The first-order valence-electron chi connectivity index (χ1n) is 11.8. The number of hydrogen-bond acceptors (Lipinski definition) is 9. The minimum absolute atomic E-state index is 0.0441. The molecule has 0 unspecified atom stereocenters. The van der Waals surface area contributed by atoms with Gasteiger partial charge in [0.15, 0.2) is 0 Å². The van der Waals surface area contributed by atoms with Crippen LogP contribution in [0.5, 0.6) is 0 Å². The zero-order chi connectivity index (χ0) is 26.7. The second-order valence-electron chi connectivity index (χ2n) is 9.26. The highest BCUT2D eigenvalue weighted by atomic mass is 16.5. The summed E-state index contributed by atoms with van der Waals surface area (Å²) in [7, 11) is 3.78. The van der Waals surface area contributed by atoms with Crippen molar-refractivity contribution in [1.82, 2.24) is 10.6 Å². The molecule has 1 aromatic carbocycles. The largest absolute Gasteiger partial charge is 0.423 e. The highest BCUT2D eigenvalue weighted by molar-refractivity contribution is 5.88. The number of anilines is 1. The molecule has 2 aromatic rings. The quantitative estimate of drug-likeness (QED) is 0.194. The monoisotopic (exact) mass is 507 g/mol. The van der Waals surface area contributed by atoms with Gasteiger partial charge < -0.3 is 39.6 Å². The van der Waals surface area contributed by atoms with Crippen LogP contribution in [-0.4, -0.2) is 88.4 Å². The third-order valence-corrected chi connectivity index (χ3v) is 5.56. The molecule has 2 rings (SSSR count). The van der Waals surface area contributed by atoms with Crippen LogP contribution in [0.3, 0.4) is 0 Å². The van der Waals surface area contributed by atoms with Crippen LogP contribution in [0.1, 0.15) is 19.4 Å². The fourth-order valence-electron chi connectivity index (χ4n) is 3.25. The van der Waals surface area contributed by atoms with E-state index < -0.39 is 23.1 Å². The maximum Gasteiger partial charge on any atom is 0.336 e. The van der Waals surface area contributed by atoms with Gasteiger partial charge in [0.05, 0.1) is 39.5 Å². The van der Waals surface area contributed by atoms with Crippen LogP contribution in [0, 0.1) is 5.41 Å². The van der Waals surface area contributed by atoms with Gasteiger partial charge in [-0.3, -0.25) is 9.59 Å². The average Bonchev–Trinajstić information content (AvgIpc) is 2.83. The van der Waals surface area contributed by atoms with Crippen molar-refractivity contribution < 1.29 is 33.7 Å². The average molecular weight is 508 g/mol. The molecule has 11 nitrogen and oxygen atoms in total. The maximum atomic E-state index is 12.3. The van der Waals surface area contributed by atoms with E-state index in [0.29, 0.717) is 36.3 Å². The second-order valence-corrected chi connectivity index (χ2v) is 9.26. The summed E-state index contributed by atoms with van der Waals surface area (Å²) < 4.78 is 16.1. The fourth-order valence-corrected chi connectivity index (χ4v) is 3.25. The smallest absolute Gasteiger partial charge is 0.336 e. The number of amides is 2. The summed E-state index contributed by atoms with van der Waals surface area (Å²) in [5, 5.41) is 25.1. The number of benzene rings is 1. The molecule has 0 bridgehead atoms. The summed E-state index contributed by atoms with van der Waals surface area (Å²) in [5.74, 6) is -0.798. The van der Waals surface area contributed by atoms with E-state index in [2.05, 4.69) is 10.6 Å². The lowest BCUT2D eigenvalue weighted by molar-refractivity contribution is -0.137. The van der Waals surface area contributed by atoms with E-state index in [4.69, 9.17) is 13.9 Å². The van der Waals surface area contributed by atoms with Gasteiger partial charge >= 0.3 is 5.63 Å². The third-order valence-electron chi connectivity index (χ3n) is 5.56. The van der Waals surface area contributed by atoms with Gasteiger partial charge in [-0.05, 0) is 17.7 Å². The normalized spacial score (nSPS) is 12.4. The Bertz CT molecular complexity index is 1070. The van der Waals surface area contributed by atoms with Gasteiger partial charge in [-0.15, -0.1) is 0 Å². The van der Waals surface area contributed by atoms with Gasteiger partial charge in [-0.2, -0.15) is 0 Å². The van der Waals surface area contributed by atoms with Crippen molar-refractivity contribution in [2.45, 2.75) is 26.4 Å². The van der Waals surface area contributed by atoms with Crippen LogP contribution in [0.25, 0.3) is 11.0 Å². The first kappa shape index (κ1) is 29.2. The van der Waals surface area contributed by atoms with Crippen molar-refractivity contribution >= 4 is 28.5 Å². The maximum absolute atomic E-state index is 12.3. The Hall–Kier alpha value is -2.99. The van der Waals surface area contributed by atoms with Crippen molar-refractivity contribution in [3.8, 4) is 0 Å². The van der Waals surface area contributed by atoms with Crippen LogP contribution in [0.15, 0.2) is 33.5 Å². The molecule has 4 N–H and O–H groups in total. The first-order valence-corrected chi connectivity index (χ1v) is 11.8. The fraction of sp³-hybridized carbons (Fsp3) is 0.560. The number of rotatable bonds is 15. The van der Waals surface area contributed by atoms with Gasteiger partial charge in [-0.1, -0.05) is 13.8 Å². The molecule has 200 valence electrons. The minimum Gasteiger partial charge on any atom is -0.423 e. The lowest BCUT2D eigenvalue weighted by Crippen LogP contribution is -2.46. The van der Waals surface area contributed by atoms with Gasteiger partial charge in [-0.25, -0.2) is 4.79 Å². The molecule has 36 heavy (non-hydrogen) atoms. The summed E-state index contributed by atoms with van der Waals surface area (Å²) in [6.07, 6.45) is -1.27. The third kappa shape index (κ3) is 8.90. The van der Waals surface area contributed by atoms with E-state index in [-0.39, 0.29) is 38.7 Å². The summed E-state index contributed by atoms with van der Waals surface area (Å²) in [6.45, 7) is 4.54. The Kier molecular flexibility index (Phi) is 11.3. The molecule has 11 heteroatoms. The van der Waals surface area contributed by atoms with E-state index >= 15 is 0 Å². The first-order chi connectivity index (χ1) is 17.0. The van der Waals surface area contributed by atoms with Crippen molar-refractivity contribution in [2.24, 2.45) is 5.41 Å². The molecule has 0 radical (unpaired) electrons. The van der Waals surface area contributed by atoms with Gasteiger partial charge in [0.2, 0.25) is 11.8 Å². The number of nitrogens with one attached hydrogen (secondary N) is 2. The molecule has 0 aliphatic rings. The van der Waals surface area contributed by atoms with E-state index in [1.807, 2.05) is 31.1 Å². The summed E-state index contributed by atoms with van der Waals surface area (Å²) in [4.78, 5) is 38.0. The molecule has 1 heterocycles. The standard InChI is InChI=1S/C25H37N3O8/c1-25(2,16-29)23(32)24(33)27-8-10-35-12-11-34-9-7-26-21(30)13-17-14-22(31)36-20-15-18(28(3)4)5-6-19(17)20/h5-6,14-15,23,29,32H,7-13,16H2,1-4H3,(H,26,30)(H,27,33)/t23-/m0/s1. The lowest BCUT2D eigenvalue weighted by Gasteiger charge is -2.27. The molecular formula is C25H37N3O8. The molecule has 0 aliphatic carbocycles. The van der Waals surface area contributed by atoms with Crippen molar-refractivity contribution in [2.75, 3.05) is 65.1 Å². The van der Waals surface area contributed by atoms with Crippen molar-refractivity contribution in [1.29, 1.82) is 0 Å². The van der Waals surface area contributed by atoms with E-state index in [0.717, 1.165) is 5.69 Å². The number of carbonyl (C=O) groups is 2. The molecule has 0 fully saturated rings. The van der Waals surface area contributed by atoms with E-state index in [9.17, 15) is 24.6 Å². The minimum atomic E-state index is -1.31. The number of carbonyl (C=O) groups excluding carboxylic acids is 2. The SMILES string of the molecule is CN(C)c1ccc2c(CC(=O)NCCOCCOCCNC(=O)[C@H](O)C(C)(C)CO)cc(=O)oc2c1. The number of aliphatic hydroxyl groups is 2. The Balaban J connectivity index is 1.62. The predicted molar refractivity (Wildman–Crippen MR) is 135 cm³/mol. The van der Waals surface area contributed by atoms with Crippen molar-refractivity contribution in [3.63, 3.8) is 0 Å². The molecule has 1 aromatic heterocycles. The Labute approximate surface area is 210 Å². The van der Waals surface area contributed by atoms with E-state index in [1.54, 1.807) is 19.9 Å². The zero-order valence-corrected chi connectivity index (χ0v) is 21.3. The Morgan fingerprint density at radius 1 is 1.06 bits per heavy atom. The molecule has 0 spiro atoms. The number of hydrogen-bond donors (Lipinski definition) is 4. The predicted octanol–water partition coefficient (Wildman–Crippen LogP) is 0.0465. The van der Waals surface area contributed by atoms with Crippen molar-refractivity contribution in [3.05, 3.63) is 40.2 Å². The van der Waals surface area contributed by atoms with Crippen LogP contribution in [0.2, 0.25) is 0 Å². The Morgan fingerprint density at radius 2 is 1.69 bits per heavy atom. The van der Waals surface area contributed by atoms with Crippen LogP contribution in [0.4, 0.5) is 5.69 Å². The number of nitrogens with zero attached hydrogens (tertiary/aromatic N) is 1. The van der Waals surface area contributed by atoms with Gasteiger partial charge in [0.1, 0.15) is 11.7 Å². The molecule has 0 saturated heterocycles. The topological polar surface area (TPSA) is 151 Å². The lowest BCUT2D eigenvalue weighted by atomic mass is 9.87. The summed E-state index contributed by atoms with van der Waals surface area (Å²) >= 11 is 0. The zero-order valence-electron chi connectivity index (χ0n) is 21.3. The van der Waals surface area contributed by atoms with Crippen LogP contribution in [-0.2, 0) is 25.5 Å². The molecule has 0 saturated carbocycles. The molecule has 2 amide bonds. The molecule has 1 atom stereocenters. The number of fused-ring (bicyclic) bond motifs is 1. The summed E-state index contributed by atoms with van der Waals surface area (Å²) in [5.41, 5.74) is 0.490. The number of aliphatic hydroxyl groups excluding tert-OH is 2. The van der Waals surface area contributed by atoms with Gasteiger partial charge in [0, 0.05) is 55.8 Å². The van der Waals surface area contributed by atoms with Crippen LogP contribution < -0.4 is 21.2 Å². The Morgan fingerprint density at radius 3 is 2.31 bits per heavy atom. The van der Waals surface area contributed by atoms with Gasteiger partial charge in [0.25, 0.3) is 0 Å². The van der Waals surface area contributed by atoms with E-state index in [1.165, 1.54) is 6.07 Å². The highest BCUT2D eigenvalue weighted by Gasteiger charge is 2.32. The summed E-state index contributed by atoms with van der Waals surface area (Å²) in [6, 6.07) is 6.84. The highest BCUT2D eigenvalue weighted by Crippen LogP contribution is 2.23.